The van der Waals surface area contributed by atoms with Gasteiger partial charge in [-0.3, -0.25) is 9.59 Å². The SMILES string of the molecule is COCCc1cc(Cl)c(Cl)c(CN(C(=O)[C@@H]2CNCC[C@H]2c2ccn(C)c(=O)c2)C2CC2)c1. The number of nitrogens with one attached hydrogen (secondary N) is 1. The molecule has 1 saturated carbocycles. The summed E-state index contributed by atoms with van der Waals surface area (Å²) in [6.07, 6.45) is 5.33. The molecule has 33 heavy (non-hydrogen) atoms. The van der Waals surface area contributed by atoms with E-state index in [4.69, 9.17) is 27.9 Å². The average molecular weight is 492 g/mol. The molecule has 1 aromatic carbocycles. The van der Waals surface area contributed by atoms with E-state index in [2.05, 4.69) is 5.32 Å². The Bertz CT molecular complexity index is 1070. The summed E-state index contributed by atoms with van der Waals surface area (Å²) in [6.45, 7) is 2.46. The molecule has 0 spiro atoms. The molecule has 4 rings (SSSR count). The number of halogens is 2. The van der Waals surface area contributed by atoms with Crippen molar-refractivity contribution in [3.63, 3.8) is 0 Å². The van der Waals surface area contributed by atoms with Crippen molar-refractivity contribution in [3.05, 3.63) is 67.6 Å². The summed E-state index contributed by atoms with van der Waals surface area (Å²) in [5.41, 5.74) is 2.80. The Balaban J connectivity index is 1.60. The van der Waals surface area contributed by atoms with Crippen LogP contribution in [0.5, 0.6) is 0 Å². The second-order valence-electron chi connectivity index (χ2n) is 9.11. The maximum Gasteiger partial charge on any atom is 0.250 e. The van der Waals surface area contributed by atoms with Crippen molar-refractivity contribution in [3.8, 4) is 0 Å². The van der Waals surface area contributed by atoms with Gasteiger partial charge >= 0.3 is 0 Å². The normalized spacial score (nSPS) is 20.6. The zero-order valence-corrected chi connectivity index (χ0v) is 20.7. The van der Waals surface area contributed by atoms with Gasteiger partial charge in [0.15, 0.2) is 0 Å². The van der Waals surface area contributed by atoms with E-state index in [1.807, 2.05) is 23.1 Å². The van der Waals surface area contributed by atoms with Crippen LogP contribution >= 0.6 is 23.2 Å². The number of aromatic nitrogens is 1. The molecule has 2 heterocycles. The number of aryl methyl sites for hydroxylation is 1. The van der Waals surface area contributed by atoms with Crippen LogP contribution in [0.15, 0.2) is 35.3 Å². The highest BCUT2D eigenvalue weighted by molar-refractivity contribution is 6.42. The van der Waals surface area contributed by atoms with E-state index in [-0.39, 0.29) is 29.3 Å². The lowest BCUT2D eigenvalue weighted by Gasteiger charge is -2.36. The van der Waals surface area contributed by atoms with Crippen molar-refractivity contribution < 1.29 is 9.53 Å². The number of hydrogen-bond donors (Lipinski definition) is 1. The van der Waals surface area contributed by atoms with Crippen molar-refractivity contribution in [1.82, 2.24) is 14.8 Å². The van der Waals surface area contributed by atoms with Crippen LogP contribution in [0.4, 0.5) is 0 Å². The molecule has 0 unspecified atom stereocenters. The van der Waals surface area contributed by atoms with Gasteiger partial charge in [0.25, 0.3) is 5.56 Å². The van der Waals surface area contributed by atoms with E-state index in [1.165, 1.54) is 0 Å². The molecular formula is C25H31Cl2N3O3. The van der Waals surface area contributed by atoms with E-state index < -0.39 is 0 Å². The summed E-state index contributed by atoms with van der Waals surface area (Å²) in [4.78, 5) is 28.1. The second-order valence-corrected chi connectivity index (χ2v) is 9.89. The molecule has 2 aliphatic rings. The second kappa shape index (κ2) is 10.6. The van der Waals surface area contributed by atoms with Gasteiger partial charge in [0.05, 0.1) is 22.6 Å². The summed E-state index contributed by atoms with van der Waals surface area (Å²) >= 11 is 13.0. The third-order valence-corrected chi connectivity index (χ3v) is 7.57. The number of carbonyl (C=O) groups excluding carboxylic acids is 1. The van der Waals surface area contributed by atoms with Gasteiger partial charge < -0.3 is 19.5 Å². The summed E-state index contributed by atoms with van der Waals surface area (Å²) in [6, 6.07) is 7.77. The van der Waals surface area contributed by atoms with Crippen molar-refractivity contribution >= 4 is 29.1 Å². The molecule has 1 aliphatic heterocycles. The predicted octanol–water partition coefficient (Wildman–Crippen LogP) is 3.77. The van der Waals surface area contributed by atoms with Crippen molar-refractivity contribution in [2.45, 2.75) is 44.2 Å². The lowest BCUT2D eigenvalue weighted by atomic mass is 9.80. The molecular weight excluding hydrogens is 461 g/mol. The minimum atomic E-state index is -0.225. The quantitative estimate of drug-likeness (QED) is 0.610. The number of methoxy groups -OCH3 is 1. The largest absolute Gasteiger partial charge is 0.384 e. The summed E-state index contributed by atoms with van der Waals surface area (Å²) in [5, 5.41) is 4.38. The molecule has 178 valence electrons. The van der Waals surface area contributed by atoms with E-state index in [9.17, 15) is 9.59 Å². The first-order valence-electron chi connectivity index (χ1n) is 11.5. The fourth-order valence-corrected chi connectivity index (χ4v) is 5.10. The lowest BCUT2D eigenvalue weighted by molar-refractivity contribution is -0.138. The number of pyridine rings is 1. The van der Waals surface area contributed by atoms with Gasteiger partial charge in [0.1, 0.15) is 0 Å². The topological polar surface area (TPSA) is 63.6 Å². The number of hydrogen-bond acceptors (Lipinski definition) is 4. The Morgan fingerprint density at radius 1 is 1.24 bits per heavy atom. The number of nitrogens with zero attached hydrogens (tertiary/aromatic N) is 2. The van der Waals surface area contributed by atoms with Crippen LogP contribution < -0.4 is 10.9 Å². The Morgan fingerprint density at radius 3 is 2.73 bits per heavy atom. The third kappa shape index (κ3) is 5.62. The lowest BCUT2D eigenvalue weighted by Crippen LogP contribution is -2.47. The van der Waals surface area contributed by atoms with E-state index in [0.29, 0.717) is 29.7 Å². The van der Waals surface area contributed by atoms with Crippen LogP contribution in [0.1, 0.15) is 41.9 Å². The fourth-order valence-electron chi connectivity index (χ4n) is 4.67. The van der Waals surface area contributed by atoms with E-state index in [0.717, 1.165) is 48.9 Å². The van der Waals surface area contributed by atoms with Gasteiger partial charge in [-0.15, -0.1) is 0 Å². The number of piperidine rings is 1. The first-order valence-corrected chi connectivity index (χ1v) is 12.3. The Morgan fingerprint density at radius 2 is 2.03 bits per heavy atom. The summed E-state index contributed by atoms with van der Waals surface area (Å²) in [5.74, 6) is -0.0942. The first kappa shape index (κ1) is 24.3. The molecule has 1 amide bonds. The van der Waals surface area contributed by atoms with Crippen LogP contribution in [0, 0.1) is 5.92 Å². The average Bonchev–Trinajstić information content (AvgIpc) is 3.65. The minimum absolute atomic E-state index is 0.0148. The van der Waals surface area contributed by atoms with Crippen molar-refractivity contribution in [2.24, 2.45) is 13.0 Å². The number of rotatable bonds is 8. The maximum atomic E-state index is 13.9. The highest BCUT2D eigenvalue weighted by Gasteiger charge is 2.40. The van der Waals surface area contributed by atoms with Gasteiger partial charge in [0.2, 0.25) is 5.91 Å². The smallest absolute Gasteiger partial charge is 0.250 e. The molecule has 0 radical (unpaired) electrons. The standard InChI is InChI=1S/C25H31Cl2N3O3/c1-29-9-6-17(13-23(29)31)20-5-8-28-14-21(20)25(32)30(19-3-4-19)15-18-11-16(7-10-33-2)12-22(26)24(18)27/h6,9,11-13,19-21,28H,3-5,7-8,10,14-15H2,1-2H3/t20-,21+/m0/s1. The number of amides is 1. The molecule has 1 aliphatic carbocycles. The highest BCUT2D eigenvalue weighted by atomic mass is 35.5. The number of carbonyl (C=O) groups is 1. The van der Waals surface area contributed by atoms with Gasteiger partial charge in [0, 0.05) is 45.6 Å². The number of ether oxygens (including phenoxy) is 1. The zero-order valence-electron chi connectivity index (χ0n) is 19.2. The van der Waals surface area contributed by atoms with Crippen LogP contribution in [0.25, 0.3) is 0 Å². The minimum Gasteiger partial charge on any atom is -0.384 e. The predicted molar refractivity (Wildman–Crippen MR) is 131 cm³/mol. The molecule has 1 aromatic heterocycles. The molecule has 2 fully saturated rings. The number of benzene rings is 1. The fraction of sp³-hybridized carbons (Fsp3) is 0.520. The molecule has 2 atom stereocenters. The van der Waals surface area contributed by atoms with Crippen LogP contribution in [-0.4, -0.2) is 48.2 Å². The molecule has 1 N–H and O–H groups in total. The van der Waals surface area contributed by atoms with E-state index in [1.54, 1.807) is 31.0 Å². The molecule has 1 saturated heterocycles. The monoisotopic (exact) mass is 491 g/mol. The van der Waals surface area contributed by atoms with Crippen LogP contribution in [0.3, 0.4) is 0 Å². The summed E-state index contributed by atoms with van der Waals surface area (Å²) in [7, 11) is 3.41. The molecule has 6 nitrogen and oxygen atoms in total. The molecule has 8 heteroatoms. The van der Waals surface area contributed by atoms with Gasteiger partial charge in [-0.2, -0.15) is 0 Å². The van der Waals surface area contributed by atoms with Crippen LogP contribution in [-0.2, 0) is 29.5 Å². The van der Waals surface area contributed by atoms with Gasteiger partial charge in [-0.05, 0) is 67.0 Å². The zero-order chi connectivity index (χ0) is 23.5. The Hall–Kier alpha value is -1.86. The molecule has 2 aromatic rings. The highest BCUT2D eigenvalue weighted by Crippen LogP contribution is 2.37. The van der Waals surface area contributed by atoms with Gasteiger partial charge in [-0.1, -0.05) is 29.3 Å². The Kier molecular flexibility index (Phi) is 7.80. The third-order valence-electron chi connectivity index (χ3n) is 6.73. The molecule has 0 bridgehead atoms. The summed E-state index contributed by atoms with van der Waals surface area (Å²) < 4.78 is 6.76. The Labute approximate surface area is 204 Å². The first-order chi connectivity index (χ1) is 15.9. The van der Waals surface area contributed by atoms with Crippen molar-refractivity contribution in [1.29, 1.82) is 0 Å². The van der Waals surface area contributed by atoms with Crippen LogP contribution in [0.2, 0.25) is 10.0 Å². The van der Waals surface area contributed by atoms with E-state index >= 15 is 0 Å². The maximum absolute atomic E-state index is 13.9. The van der Waals surface area contributed by atoms with Gasteiger partial charge in [-0.25, -0.2) is 0 Å². The van der Waals surface area contributed by atoms with Crippen molar-refractivity contribution in [2.75, 3.05) is 26.8 Å².